The molecule has 0 fully saturated rings. The van der Waals surface area contributed by atoms with Crippen molar-refractivity contribution in [3.8, 4) is 0 Å². The van der Waals surface area contributed by atoms with Gasteiger partial charge in [-0.05, 0) is 17.7 Å². The Morgan fingerprint density at radius 3 is 2.69 bits per heavy atom. The summed E-state index contributed by atoms with van der Waals surface area (Å²) in [4.78, 5) is 10.4. The molecule has 0 amide bonds. The third kappa shape index (κ3) is 2.87. The molecule has 0 saturated carbocycles. The van der Waals surface area contributed by atoms with Gasteiger partial charge in [0.25, 0.3) is 0 Å². The van der Waals surface area contributed by atoms with Gasteiger partial charge in [0, 0.05) is 11.4 Å². The van der Waals surface area contributed by atoms with Crippen LogP contribution in [0.2, 0.25) is 5.02 Å². The lowest BCUT2D eigenvalue weighted by molar-refractivity contribution is 0.112. The summed E-state index contributed by atoms with van der Waals surface area (Å²) < 4.78 is 0. The van der Waals surface area contributed by atoms with Gasteiger partial charge in [-0.3, -0.25) is 4.79 Å². The zero-order chi connectivity index (χ0) is 9.68. The largest absolute Gasteiger partial charge is 0.298 e. The van der Waals surface area contributed by atoms with E-state index in [1.807, 2.05) is 18.2 Å². The van der Waals surface area contributed by atoms with Gasteiger partial charge in [-0.1, -0.05) is 29.8 Å². The first kappa shape index (κ1) is 10.3. The SMILES string of the molecule is O=Cc1ccc(C=CCCl)cc1Cl. The predicted octanol–water partition coefficient (Wildman–Crippen LogP) is 3.40. The van der Waals surface area contributed by atoms with Gasteiger partial charge < -0.3 is 0 Å². The van der Waals surface area contributed by atoms with Crippen molar-refractivity contribution in [1.82, 2.24) is 0 Å². The molecule has 0 atom stereocenters. The van der Waals surface area contributed by atoms with Crippen LogP contribution in [0.3, 0.4) is 0 Å². The van der Waals surface area contributed by atoms with Crippen molar-refractivity contribution in [3.05, 3.63) is 40.4 Å². The molecule has 68 valence electrons. The van der Waals surface area contributed by atoms with E-state index in [-0.39, 0.29) is 0 Å². The van der Waals surface area contributed by atoms with E-state index in [4.69, 9.17) is 23.2 Å². The average Bonchev–Trinajstić information content (AvgIpc) is 2.15. The van der Waals surface area contributed by atoms with Crippen molar-refractivity contribution in [2.24, 2.45) is 0 Å². The Bertz CT molecular complexity index is 332. The fourth-order valence-electron chi connectivity index (χ4n) is 0.923. The monoisotopic (exact) mass is 214 g/mol. The summed E-state index contributed by atoms with van der Waals surface area (Å²) in [5.74, 6) is 0.465. The van der Waals surface area contributed by atoms with Crippen LogP contribution in [0.5, 0.6) is 0 Å². The summed E-state index contributed by atoms with van der Waals surface area (Å²) in [5, 5.41) is 0.465. The molecule has 0 aliphatic carbocycles. The van der Waals surface area contributed by atoms with Gasteiger partial charge >= 0.3 is 0 Å². The van der Waals surface area contributed by atoms with Gasteiger partial charge in [-0.2, -0.15) is 0 Å². The Morgan fingerprint density at radius 2 is 2.15 bits per heavy atom. The molecule has 0 radical (unpaired) electrons. The lowest BCUT2D eigenvalue weighted by Gasteiger charge is -1.97. The van der Waals surface area contributed by atoms with Crippen LogP contribution in [0.1, 0.15) is 15.9 Å². The van der Waals surface area contributed by atoms with Gasteiger partial charge in [0.2, 0.25) is 0 Å². The van der Waals surface area contributed by atoms with Crippen LogP contribution in [0.25, 0.3) is 6.08 Å². The van der Waals surface area contributed by atoms with E-state index in [0.29, 0.717) is 16.5 Å². The van der Waals surface area contributed by atoms with Crippen LogP contribution in [-0.4, -0.2) is 12.2 Å². The summed E-state index contributed by atoms with van der Waals surface area (Å²) in [6.45, 7) is 0. The molecule has 1 aromatic carbocycles. The molecule has 0 aliphatic heterocycles. The van der Waals surface area contributed by atoms with Crippen LogP contribution >= 0.6 is 23.2 Å². The van der Waals surface area contributed by atoms with Gasteiger partial charge in [0.1, 0.15) is 0 Å². The second-order valence-corrected chi connectivity index (χ2v) is 3.17. The summed E-state index contributed by atoms with van der Waals surface area (Å²) in [6, 6.07) is 5.23. The van der Waals surface area contributed by atoms with E-state index in [1.54, 1.807) is 12.1 Å². The van der Waals surface area contributed by atoms with Crippen LogP contribution in [0.4, 0.5) is 0 Å². The summed E-state index contributed by atoms with van der Waals surface area (Å²) in [6.07, 6.45) is 4.40. The van der Waals surface area contributed by atoms with Crippen molar-refractivity contribution in [2.75, 3.05) is 5.88 Å². The molecule has 13 heavy (non-hydrogen) atoms. The molecule has 0 heterocycles. The third-order valence-corrected chi connectivity index (χ3v) is 2.06. The third-order valence-electron chi connectivity index (χ3n) is 1.55. The number of alkyl halides is 1. The fourth-order valence-corrected chi connectivity index (χ4v) is 1.25. The van der Waals surface area contributed by atoms with E-state index in [9.17, 15) is 4.79 Å². The number of carbonyl (C=O) groups excluding carboxylic acids is 1. The van der Waals surface area contributed by atoms with Gasteiger partial charge in [0.15, 0.2) is 6.29 Å². The van der Waals surface area contributed by atoms with Crippen LogP contribution in [0.15, 0.2) is 24.3 Å². The zero-order valence-corrected chi connectivity index (χ0v) is 8.35. The Labute approximate surface area is 87.0 Å². The molecule has 0 unspecified atom stereocenters. The fraction of sp³-hybridized carbons (Fsp3) is 0.100. The van der Waals surface area contributed by atoms with E-state index in [1.165, 1.54) is 0 Å². The van der Waals surface area contributed by atoms with Crippen molar-refractivity contribution >= 4 is 35.6 Å². The van der Waals surface area contributed by atoms with Crippen molar-refractivity contribution in [3.63, 3.8) is 0 Å². The van der Waals surface area contributed by atoms with Gasteiger partial charge in [0.05, 0.1) is 5.02 Å². The number of carbonyl (C=O) groups is 1. The second-order valence-electron chi connectivity index (χ2n) is 2.46. The second kappa shape index (κ2) is 5.05. The maximum Gasteiger partial charge on any atom is 0.151 e. The highest BCUT2D eigenvalue weighted by atomic mass is 35.5. The van der Waals surface area contributed by atoms with Crippen molar-refractivity contribution < 1.29 is 4.79 Å². The smallest absolute Gasteiger partial charge is 0.151 e. The Morgan fingerprint density at radius 1 is 1.38 bits per heavy atom. The average molecular weight is 215 g/mol. The molecular weight excluding hydrogens is 207 g/mol. The first-order valence-corrected chi connectivity index (χ1v) is 4.66. The molecule has 3 heteroatoms. The minimum absolute atomic E-state index is 0.465. The molecule has 1 aromatic rings. The van der Waals surface area contributed by atoms with Gasteiger partial charge in [-0.15, -0.1) is 11.6 Å². The van der Waals surface area contributed by atoms with Crippen LogP contribution < -0.4 is 0 Å². The van der Waals surface area contributed by atoms with Gasteiger partial charge in [-0.25, -0.2) is 0 Å². The maximum atomic E-state index is 10.4. The van der Waals surface area contributed by atoms with E-state index in [2.05, 4.69) is 0 Å². The highest BCUT2D eigenvalue weighted by Gasteiger charge is 1.97. The number of allylic oxidation sites excluding steroid dienone is 1. The summed E-state index contributed by atoms with van der Waals surface area (Å²) in [5.41, 5.74) is 1.45. The molecule has 0 aromatic heterocycles. The summed E-state index contributed by atoms with van der Waals surface area (Å²) >= 11 is 11.3. The Hall–Kier alpha value is -0.790. The quantitative estimate of drug-likeness (QED) is 0.557. The maximum absolute atomic E-state index is 10.4. The predicted molar refractivity (Wildman–Crippen MR) is 56.6 cm³/mol. The number of hydrogen-bond acceptors (Lipinski definition) is 1. The number of benzene rings is 1. The standard InChI is InChI=1S/C10H8Cl2O/c11-5-1-2-8-3-4-9(7-13)10(12)6-8/h1-4,6-7H,5H2. The molecule has 0 spiro atoms. The lowest BCUT2D eigenvalue weighted by Crippen LogP contribution is -1.82. The molecule has 0 bridgehead atoms. The number of rotatable bonds is 3. The number of halogens is 2. The minimum Gasteiger partial charge on any atom is -0.298 e. The molecule has 1 nitrogen and oxygen atoms in total. The topological polar surface area (TPSA) is 17.1 Å². The Kier molecular flexibility index (Phi) is 4.00. The van der Waals surface area contributed by atoms with Crippen molar-refractivity contribution in [2.45, 2.75) is 0 Å². The van der Waals surface area contributed by atoms with E-state index >= 15 is 0 Å². The highest BCUT2D eigenvalue weighted by molar-refractivity contribution is 6.33. The Balaban J connectivity index is 2.95. The number of aldehydes is 1. The number of hydrogen-bond donors (Lipinski definition) is 0. The van der Waals surface area contributed by atoms with E-state index in [0.717, 1.165) is 11.8 Å². The van der Waals surface area contributed by atoms with Crippen LogP contribution in [-0.2, 0) is 0 Å². The first-order valence-electron chi connectivity index (χ1n) is 3.75. The molecule has 0 saturated heterocycles. The minimum atomic E-state index is 0.465. The molecule has 0 aliphatic rings. The molecule has 0 N–H and O–H groups in total. The highest BCUT2D eigenvalue weighted by Crippen LogP contribution is 2.16. The first-order chi connectivity index (χ1) is 6.27. The lowest BCUT2D eigenvalue weighted by atomic mass is 10.1. The van der Waals surface area contributed by atoms with Crippen LogP contribution in [0, 0.1) is 0 Å². The normalized spacial score (nSPS) is 10.6. The van der Waals surface area contributed by atoms with E-state index < -0.39 is 0 Å². The van der Waals surface area contributed by atoms with Crippen molar-refractivity contribution in [1.29, 1.82) is 0 Å². The zero-order valence-electron chi connectivity index (χ0n) is 6.84. The molecule has 1 rings (SSSR count). The summed E-state index contributed by atoms with van der Waals surface area (Å²) in [7, 11) is 0. The molecular formula is C10H8Cl2O.